The zero-order valence-corrected chi connectivity index (χ0v) is 30.0. The van der Waals surface area contributed by atoms with Gasteiger partial charge in [0.05, 0.1) is 22.1 Å². The van der Waals surface area contributed by atoms with Crippen molar-refractivity contribution in [3.05, 3.63) is 181 Å². The van der Waals surface area contributed by atoms with Crippen LogP contribution in [0.4, 0.5) is 0 Å². The number of rotatable bonds is 3. The molecule has 3 aromatic heterocycles. The highest BCUT2D eigenvalue weighted by molar-refractivity contribution is 6.13. The third-order valence-corrected chi connectivity index (χ3v) is 12.1. The molecule has 0 saturated heterocycles. The second kappa shape index (κ2) is 10.6. The smallest absolute Gasteiger partial charge is 0.135 e. The van der Waals surface area contributed by atoms with E-state index in [0.717, 1.165) is 27.6 Å². The molecule has 0 radical (unpaired) electrons. The summed E-state index contributed by atoms with van der Waals surface area (Å²) in [6.45, 7) is 4.71. The summed E-state index contributed by atoms with van der Waals surface area (Å²) in [6, 6.07) is 62.3. The molecule has 0 spiro atoms. The van der Waals surface area contributed by atoms with E-state index in [4.69, 9.17) is 4.42 Å². The molecule has 0 atom stereocenters. The summed E-state index contributed by atoms with van der Waals surface area (Å²) < 4.78 is 11.1. The van der Waals surface area contributed by atoms with Crippen LogP contribution in [0.1, 0.15) is 25.0 Å². The maximum atomic E-state index is 6.20. The Bertz CT molecular complexity index is 3370. The quantitative estimate of drug-likeness (QED) is 0.181. The van der Waals surface area contributed by atoms with E-state index in [1.54, 1.807) is 0 Å². The Hall–Kier alpha value is -6.84. The van der Waals surface area contributed by atoms with Crippen LogP contribution in [-0.4, -0.2) is 9.13 Å². The summed E-state index contributed by atoms with van der Waals surface area (Å²) >= 11 is 0. The van der Waals surface area contributed by atoms with Gasteiger partial charge in [-0.25, -0.2) is 0 Å². The highest BCUT2D eigenvalue weighted by Crippen LogP contribution is 2.49. The van der Waals surface area contributed by atoms with Gasteiger partial charge in [0, 0.05) is 49.1 Å². The summed E-state index contributed by atoms with van der Waals surface area (Å²) in [4.78, 5) is 0. The van der Waals surface area contributed by atoms with E-state index in [-0.39, 0.29) is 5.41 Å². The molecule has 12 rings (SSSR count). The van der Waals surface area contributed by atoms with Gasteiger partial charge in [0.1, 0.15) is 11.2 Å². The van der Waals surface area contributed by atoms with Gasteiger partial charge in [-0.1, -0.05) is 117 Å². The molecule has 0 saturated carbocycles. The van der Waals surface area contributed by atoms with Crippen molar-refractivity contribution in [2.75, 3.05) is 0 Å². The van der Waals surface area contributed by atoms with E-state index in [2.05, 4.69) is 181 Å². The molecule has 3 heteroatoms. The number of furan rings is 1. The van der Waals surface area contributed by atoms with Crippen LogP contribution in [-0.2, 0) is 5.41 Å². The molecule has 0 fully saturated rings. The van der Waals surface area contributed by atoms with E-state index in [1.165, 1.54) is 82.7 Å². The molecule has 0 unspecified atom stereocenters. The minimum absolute atomic E-state index is 0.0625. The molecular formula is C51H34N2O. The maximum absolute atomic E-state index is 6.20. The SMILES string of the molecule is CC1(C)c2ccccc2-c2ccc(-n3c4ccccc4c4cc(-c5ccc6c7ccccc7n(-c7ccc8oc9ccccc9c8c7)c6c5)ccc43)cc21. The fourth-order valence-electron chi connectivity index (χ4n) is 9.54. The topological polar surface area (TPSA) is 23.0 Å². The molecule has 1 aliphatic carbocycles. The molecule has 0 aliphatic heterocycles. The van der Waals surface area contributed by atoms with Gasteiger partial charge in [-0.15, -0.1) is 0 Å². The van der Waals surface area contributed by atoms with Gasteiger partial charge >= 0.3 is 0 Å². The summed E-state index contributed by atoms with van der Waals surface area (Å²) in [7, 11) is 0. The molecule has 254 valence electrons. The Morgan fingerprint density at radius 3 is 1.80 bits per heavy atom. The molecular weight excluding hydrogens is 657 g/mol. The molecule has 11 aromatic rings. The Morgan fingerprint density at radius 1 is 0.370 bits per heavy atom. The Morgan fingerprint density at radius 2 is 0.944 bits per heavy atom. The molecule has 0 amide bonds. The minimum Gasteiger partial charge on any atom is -0.456 e. The second-order valence-corrected chi connectivity index (χ2v) is 15.3. The number of aromatic nitrogens is 2. The summed E-state index contributed by atoms with van der Waals surface area (Å²) in [5.41, 5.74) is 16.7. The number of benzene rings is 8. The van der Waals surface area contributed by atoms with Crippen molar-refractivity contribution in [1.82, 2.24) is 9.13 Å². The average Bonchev–Trinajstić information content (AvgIpc) is 3.92. The standard InChI is InChI=1S/C51H34N2O/c1-51(2)43-15-7-3-11-35(43)36-24-21-34(30-44(36)51)52-46-17-9-5-13-38(46)41-27-31(20-25-47(41)52)32-19-23-39-37-12-4-8-16-45(37)53(48(39)28-32)33-22-26-50-42(29-33)40-14-6-10-18-49(40)54-50/h3-30H,1-2H3. The molecule has 0 bridgehead atoms. The van der Waals surface area contributed by atoms with Crippen molar-refractivity contribution in [3.8, 4) is 33.6 Å². The van der Waals surface area contributed by atoms with E-state index in [1.807, 2.05) is 12.1 Å². The van der Waals surface area contributed by atoms with Gasteiger partial charge in [0.25, 0.3) is 0 Å². The lowest BCUT2D eigenvalue weighted by Gasteiger charge is -2.22. The van der Waals surface area contributed by atoms with Gasteiger partial charge in [-0.2, -0.15) is 0 Å². The van der Waals surface area contributed by atoms with Crippen molar-refractivity contribution in [1.29, 1.82) is 0 Å². The fraction of sp³-hybridized carbons (Fsp3) is 0.0588. The number of nitrogens with zero attached hydrogens (tertiary/aromatic N) is 2. The monoisotopic (exact) mass is 690 g/mol. The largest absolute Gasteiger partial charge is 0.456 e. The first-order chi connectivity index (χ1) is 26.5. The van der Waals surface area contributed by atoms with Gasteiger partial charge in [0.15, 0.2) is 0 Å². The highest BCUT2D eigenvalue weighted by Gasteiger charge is 2.35. The third kappa shape index (κ3) is 3.96. The van der Waals surface area contributed by atoms with Crippen molar-refractivity contribution < 1.29 is 4.42 Å². The first-order valence-electron chi connectivity index (χ1n) is 18.8. The predicted octanol–water partition coefficient (Wildman–Crippen LogP) is 13.8. The summed E-state index contributed by atoms with van der Waals surface area (Å²) in [5, 5.41) is 7.26. The molecule has 3 nitrogen and oxygen atoms in total. The van der Waals surface area contributed by atoms with Crippen LogP contribution < -0.4 is 0 Å². The van der Waals surface area contributed by atoms with Crippen LogP contribution in [0.2, 0.25) is 0 Å². The lowest BCUT2D eigenvalue weighted by Crippen LogP contribution is -2.15. The number of para-hydroxylation sites is 3. The van der Waals surface area contributed by atoms with E-state index >= 15 is 0 Å². The lowest BCUT2D eigenvalue weighted by molar-refractivity contribution is 0.660. The van der Waals surface area contributed by atoms with Crippen molar-refractivity contribution in [3.63, 3.8) is 0 Å². The maximum Gasteiger partial charge on any atom is 0.135 e. The lowest BCUT2D eigenvalue weighted by atomic mass is 9.82. The van der Waals surface area contributed by atoms with E-state index in [9.17, 15) is 0 Å². The van der Waals surface area contributed by atoms with Crippen LogP contribution in [0.15, 0.2) is 174 Å². The molecule has 8 aromatic carbocycles. The number of hydrogen-bond acceptors (Lipinski definition) is 1. The van der Waals surface area contributed by atoms with Gasteiger partial charge in [0.2, 0.25) is 0 Å². The zero-order chi connectivity index (χ0) is 35.7. The van der Waals surface area contributed by atoms with Crippen LogP contribution >= 0.6 is 0 Å². The molecule has 3 heterocycles. The third-order valence-electron chi connectivity index (χ3n) is 12.1. The minimum atomic E-state index is -0.0625. The van der Waals surface area contributed by atoms with Gasteiger partial charge in [-0.05, 0) is 100 Å². The number of fused-ring (bicyclic) bond motifs is 12. The number of hydrogen-bond donors (Lipinski definition) is 0. The molecule has 0 N–H and O–H groups in total. The Balaban J connectivity index is 1.04. The first kappa shape index (κ1) is 29.7. The Labute approximate surface area is 311 Å². The second-order valence-electron chi connectivity index (χ2n) is 15.3. The summed E-state index contributed by atoms with van der Waals surface area (Å²) in [6.07, 6.45) is 0. The Kier molecular flexibility index (Phi) is 5.84. The van der Waals surface area contributed by atoms with E-state index in [0.29, 0.717) is 0 Å². The fourth-order valence-corrected chi connectivity index (χ4v) is 9.54. The van der Waals surface area contributed by atoms with Crippen molar-refractivity contribution in [2.45, 2.75) is 19.3 Å². The average molecular weight is 691 g/mol. The first-order valence-corrected chi connectivity index (χ1v) is 18.8. The van der Waals surface area contributed by atoms with Crippen molar-refractivity contribution >= 4 is 65.6 Å². The predicted molar refractivity (Wildman–Crippen MR) is 225 cm³/mol. The zero-order valence-electron chi connectivity index (χ0n) is 30.0. The summed E-state index contributed by atoms with van der Waals surface area (Å²) in [5.74, 6) is 0. The van der Waals surface area contributed by atoms with Crippen LogP contribution in [0, 0.1) is 0 Å². The highest BCUT2D eigenvalue weighted by atomic mass is 16.3. The van der Waals surface area contributed by atoms with Gasteiger partial charge < -0.3 is 13.6 Å². The van der Waals surface area contributed by atoms with Crippen LogP contribution in [0.25, 0.3) is 99.2 Å². The molecule has 54 heavy (non-hydrogen) atoms. The van der Waals surface area contributed by atoms with Crippen LogP contribution in [0.3, 0.4) is 0 Å². The van der Waals surface area contributed by atoms with Gasteiger partial charge in [-0.3, -0.25) is 0 Å². The molecule has 1 aliphatic rings. The van der Waals surface area contributed by atoms with Crippen molar-refractivity contribution in [2.24, 2.45) is 0 Å². The van der Waals surface area contributed by atoms with Crippen LogP contribution in [0.5, 0.6) is 0 Å². The normalized spacial score (nSPS) is 13.5. The van der Waals surface area contributed by atoms with E-state index < -0.39 is 0 Å².